The molecule has 0 aliphatic carbocycles. The molecule has 1 atom stereocenters. The maximum absolute atomic E-state index is 11.9. The first-order chi connectivity index (χ1) is 11.1. The van der Waals surface area contributed by atoms with Gasteiger partial charge >= 0.3 is 0 Å². The number of nitrogens with one attached hydrogen (secondary N) is 1. The van der Waals surface area contributed by atoms with Crippen molar-refractivity contribution in [3.8, 4) is 0 Å². The van der Waals surface area contributed by atoms with Gasteiger partial charge in [0.15, 0.2) is 0 Å². The van der Waals surface area contributed by atoms with E-state index < -0.39 is 0 Å². The molecule has 1 fully saturated rings. The monoisotopic (exact) mass is 338 g/mol. The van der Waals surface area contributed by atoms with Crippen molar-refractivity contribution in [2.75, 3.05) is 26.7 Å². The Morgan fingerprint density at radius 2 is 2.13 bits per heavy atom. The molecule has 1 heterocycles. The summed E-state index contributed by atoms with van der Waals surface area (Å²) in [5.41, 5.74) is 1.08. The zero-order valence-electron chi connectivity index (χ0n) is 13.9. The number of carbonyl (C=O) groups is 1. The fraction of sp³-hybridized carbons (Fsp3) is 0.611. The molecular weight excluding hydrogens is 312 g/mol. The van der Waals surface area contributed by atoms with Crippen LogP contribution in [-0.2, 0) is 16.1 Å². The topological polar surface area (TPSA) is 41.6 Å². The second-order valence-corrected chi connectivity index (χ2v) is 6.63. The Labute approximate surface area is 144 Å². The number of ether oxygens (including phenoxy) is 1. The van der Waals surface area contributed by atoms with Gasteiger partial charge in [0.05, 0.1) is 13.2 Å². The first-order valence-electron chi connectivity index (χ1n) is 8.44. The number of likely N-dealkylation sites (tertiary alicyclic amines) is 1. The van der Waals surface area contributed by atoms with Crippen LogP contribution in [0.1, 0.15) is 37.7 Å². The van der Waals surface area contributed by atoms with E-state index in [0.29, 0.717) is 32.2 Å². The summed E-state index contributed by atoms with van der Waals surface area (Å²) in [7, 11) is 2.16. The normalized spacial score (nSPS) is 18.8. The van der Waals surface area contributed by atoms with Gasteiger partial charge < -0.3 is 15.0 Å². The van der Waals surface area contributed by atoms with Gasteiger partial charge in [-0.2, -0.15) is 0 Å². The van der Waals surface area contributed by atoms with E-state index in [4.69, 9.17) is 16.3 Å². The van der Waals surface area contributed by atoms with E-state index in [1.54, 1.807) is 0 Å². The molecule has 0 bridgehead atoms. The van der Waals surface area contributed by atoms with Crippen molar-refractivity contribution < 1.29 is 9.53 Å². The molecular formula is C18H27ClN2O2. The minimum absolute atomic E-state index is 0.124. The van der Waals surface area contributed by atoms with E-state index in [1.807, 2.05) is 24.3 Å². The second kappa shape index (κ2) is 9.91. The second-order valence-electron chi connectivity index (χ2n) is 6.20. The van der Waals surface area contributed by atoms with Gasteiger partial charge in [-0.1, -0.05) is 30.2 Å². The fourth-order valence-corrected chi connectivity index (χ4v) is 3.05. The molecule has 4 nitrogen and oxygen atoms in total. The average molecular weight is 339 g/mol. The summed E-state index contributed by atoms with van der Waals surface area (Å²) in [4.78, 5) is 14.2. The number of hydrogen-bond donors (Lipinski definition) is 1. The van der Waals surface area contributed by atoms with Crippen molar-refractivity contribution in [1.29, 1.82) is 0 Å². The number of piperidine rings is 1. The van der Waals surface area contributed by atoms with Gasteiger partial charge in [-0.3, -0.25) is 4.79 Å². The molecule has 0 saturated carbocycles. The van der Waals surface area contributed by atoms with Crippen LogP contribution in [0.25, 0.3) is 0 Å². The quantitative estimate of drug-likeness (QED) is 0.740. The van der Waals surface area contributed by atoms with E-state index >= 15 is 0 Å². The summed E-state index contributed by atoms with van der Waals surface area (Å²) in [5.74, 6) is 0.124. The van der Waals surface area contributed by atoms with Gasteiger partial charge in [-0.05, 0) is 50.6 Å². The highest BCUT2D eigenvalue weighted by Crippen LogP contribution is 2.18. The van der Waals surface area contributed by atoms with E-state index in [1.165, 1.54) is 19.3 Å². The first-order valence-corrected chi connectivity index (χ1v) is 8.82. The molecule has 1 saturated heterocycles. The Morgan fingerprint density at radius 3 is 2.87 bits per heavy atom. The highest BCUT2D eigenvalue weighted by Gasteiger charge is 2.19. The minimum Gasteiger partial charge on any atom is -0.375 e. The Balaban J connectivity index is 1.52. The minimum atomic E-state index is 0.124. The predicted molar refractivity (Wildman–Crippen MR) is 93.6 cm³/mol. The van der Waals surface area contributed by atoms with Crippen LogP contribution in [0.5, 0.6) is 0 Å². The molecule has 0 spiro atoms. The zero-order valence-corrected chi connectivity index (χ0v) is 14.6. The molecule has 1 aromatic carbocycles. The van der Waals surface area contributed by atoms with E-state index in [2.05, 4.69) is 17.3 Å². The van der Waals surface area contributed by atoms with Crippen molar-refractivity contribution in [2.24, 2.45) is 0 Å². The van der Waals surface area contributed by atoms with Gasteiger partial charge in [-0.25, -0.2) is 0 Å². The Hall–Kier alpha value is -1.10. The van der Waals surface area contributed by atoms with Crippen LogP contribution in [0.15, 0.2) is 24.3 Å². The van der Waals surface area contributed by atoms with Gasteiger partial charge in [0, 0.05) is 24.0 Å². The highest BCUT2D eigenvalue weighted by atomic mass is 35.5. The third-order valence-corrected chi connectivity index (χ3v) is 4.63. The summed E-state index contributed by atoms with van der Waals surface area (Å²) < 4.78 is 5.56. The summed E-state index contributed by atoms with van der Waals surface area (Å²) in [5, 5.41) is 3.66. The molecule has 1 aromatic rings. The number of halogens is 1. The first kappa shape index (κ1) is 18.2. The molecule has 2 rings (SSSR count). The Morgan fingerprint density at radius 1 is 1.35 bits per heavy atom. The van der Waals surface area contributed by atoms with Crippen LogP contribution >= 0.6 is 11.6 Å². The fourth-order valence-electron chi connectivity index (χ4n) is 2.93. The number of hydrogen-bond acceptors (Lipinski definition) is 3. The van der Waals surface area contributed by atoms with Crippen LogP contribution in [0.3, 0.4) is 0 Å². The van der Waals surface area contributed by atoms with Crippen molar-refractivity contribution >= 4 is 17.5 Å². The number of benzene rings is 1. The summed E-state index contributed by atoms with van der Waals surface area (Å²) in [6.07, 6.45) is 5.34. The summed E-state index contributed by atoms with van der Waals surface area (Å²) in [6.45, 7) is 2.79. The molecule has 0 aromatic heterocycles. The predicted octanol–water partition coefficient (Wildman–Crippen LogP) is 3.24. The van der Waals surface area contributed by atoms with Gasteiger partial charge in [0.2, 0.25) is 5.91 Å². The summed E-state index contributed by atoms with van der Waals surface area (Å²) >= 11 is 5.83. The van der Waals surface area contributed by atoms with Crippen LogP contribution in [-0.4, -0.2) is 43.6 Å². The standard InChI is InChI=1S/C18H27ClN2O2/c1-21-12-3-2-4-17(21)9-10-18(22)20-11-13-23-14-15-5-7-16(19)8-6-15/h5-8,17H,2-4,9-14H2,1H3,(H,20,22)/t17-/m0/s1. The number of rotatable bonds is 8. The van der Waals surface area contributed by atoms with Crippen LogP contribution in [0.2, 0.25) is 5.02 Å². The lowest BCUT2D eigenvalue weighted by Crippen LogP contribution is -2.37. The van der Waals surface area contributed by atoms with Gasteiger partial charge in [0.25, 0.3) is 0 Å². The zero-order chi connectivity index (χ0) is 16.5. The van der Waals surface area contributed by atoms with E-state index in [0.717, 1.165) is 23.6 Å². The van der Waals surface area contributed by atoms with Gasteiger partial charge in [0.1, 0.15) is 0 Å². The van der Waals surface area contributed by atoms with Crippen molar-refractivity contribution in [1.82, 2.24) is 10.2 Å². The maximum Gasteiger partial charge on any atom is 0.220 e. The molecule has 1 aliphatic rings. The number of carbonyl (C=O) groups excluding carboxylic acids is 1. The van der Waals surface area contributed by atoms with Crippen molar-refractivity contribution in [3.63, 3.8) is 0 Å². The number of nitrogens with zero attached hydrogens (tertiary/aromatic N) is 1. The van der Waals surface area contributed by atoms with Crippen LogP contribution < -0.4 is 5.32 Å². The van der Waals surface area contributed by atoms with E-state index in [-0.39, 0.29) is 5.91 Å². The van der Waals surface area contributed by atoms with E-state index in [9.17, 15) is 4.79 Å². The Bertz CT molecular complexity index is 478. The lowest BCUT2D eigenvalue weighted by atomic mass is 9.98. The molecule has 1 N–H and O–H groups in total. The lowest BCUT2D eigenvalue weighted by Gasteiger charge is -2.32. The largest absolute Gasteiger partial charge is 0.375 e. The molecule has 0 radical (unpaired) electrons. The van der Waals surface area contributed by atoms with Crippen LogP contribution in [0, 0.1) is 0 Å². The van der Waals surface area contributed by atoms with Crippen molar-refractivity contribution in [2.45, 2.75) is 44.8 Å². The molecule has 128 valence electrons. The van der Waals surface area contributed by atoms with Crippen molar-refractivity contribution in [3.05, 3.63) is 34.9 Å². The highest BCUT2D eigenvalue weighted by molar-refractivity contribution is 6.30. The smallest absolute Gasteiger partial charge is 0.220 e. The molecule has 0 unspecified atom stereocenters. The van der Waals surface area contributed by atoms with Crippen LogP contribution in [0.4, 0.5) is 0 Å². The molecule has 23 heavy (non-hydrogen) atoms. The number of amides is 1. The Kier molecular flexibility index (Phi) is 7.86. The third kappa shape index (κ3) is 6.90. The SMILES string of the molecule is CN1CCCC[C@H]1CCC(=O)NCCOCc1ccc(Cl)cc1. The lowest BCUT2D eigenvalue weighted by molar-refractivity contribution is -0.121. The molecule has 1 amide bonds. The average Bonchev–Trinajstić information content (AvgIpc) is 2.55. The third-order valence-electron chi connectivity index (χ3n) is 4.38. The summed E-state index contributed by atoms with van der Waals surface area (Å²) in [6, 6.07) is 8.16. The molecule has 1 aliphatic heterocycles. The molecule has 5 heteroatoms. The van der Waals surface area contributed by atoms with Gasteiger partial charge in [-0.15, -0.1) is 0 Å². The maximum atomic E-state index is 11.9.